The van der Waals surface area contributed by atoms with Crippen LogP contribution in [-0.4, -0.2) is 40.9 Å². The van der Waals surface area contributed by atoms with Gasteiger partial charge in [0.25, 0.3) is 0 Å². The summed E-state index contributed by atoms with van der Waals surface area (Å²) in [6, 6.07) is 4.29. The molecule has 1 N–H and O–H groups in total. The van der Waals surface area contributed by atoms with Gasteiger partial charge in [-0.05, 0) is 51.0 Å². The molecule has 0 saturated carbocycles. The third kappa shape index (κ3) is 4.79. The molecule has 3 nitrogen and oxygen atoms in total. The van der Waals surface area contributed by atoms with Crippen molar-refractivity contribution in [3.8, 4) is 0 Å². The molecule has 1 amide bonds. The average Bonchev–Trinajstić information content (AvgIpc) is 2.38. The van der Waals surface area contributed by atoms with E-state index >= 15 is 0 Å². The van der Waals surface area contributed by atoms with E-state index in [1.165, 1.54) is 11.1 Å². The topological polar surface area (TPSA) is 40.5 Å². The van der Waals surface area contributed by atoms with Crippen LogP contribution in [0.1, 0.15) is 25.0 Å². The molecular formula is C15H22BrNO2S. The van der Waals surface area contributed by atoms with Crippen molar-refractivity contribution in [3.63, 3.8) is 0 Å². The number of benzene rings is 1. The van der Waals surface area contributed by atoms with Crippen LogP contribution in [0.4, 0.5) is 0 Å². The van der Waals surface area contributed by atoms with E-state index in [0.717, 1.165) is 9.37 Å². The average molecular weight is 360 g/mol. The molecule has 112 valence electrons. The van der Waals surface area contributed by atoms with E-state index in [-0.39, 0.29) is 18.6 Å². The molecule has 0 fully saturated rings. The molecule has 0 heterocycles. The van der Waals surface area contributed by atoms with Crippen LogP contribution in [0.2, 0.25) is 0 Å². The van der Waals surface area contributed by atoms with Crippen LogP contribution in [0.5, 0.6) is 0 Å². The number of amides is 1. The first-order valence-corrected chi connectivity index (χ1v) is 8.44. The van der Waals surface area contributed by atoms with Crippen molar-refractivity contribution in [2.45, 2.75) is 38.6 Å². The number of aryl methyl sites for hydroxylation is 2. The quantitative estimate of drug-likeness (QED) is 0.791. The fourth-order valence-corrected chi connectivity index (χ4v) is 3.36. The van der Waals surface area contributed by atoms with Crippen LogP contribution in [-0.2, 0) is 4.79 Å². The van der Waals surface area contributed by atoms with Crippen LogP contribution in [0.25, 0.3) is 0 Å². The van der Waals surface area contributed by atoms with Gasteiger partial charge in [0.2, 0.25) is 5.91 Å². The summed E-state index contributed by atoms with van der Waals surface area (Å²) in [4.78, 5) is 15.0. The van der Waals surface area contributed by atoms with E-state index in [1.807, 2.05) is 27.7 Å². The molecule has 20 heavy (non-hydrogen) atoms. The van der Waals surface area contributed by atoms with Gasteiger partial charge in [-0.25, -0.2) is 0 Å². The van der Waals surface area contributed by atoms with Crippen LogP contribution in [0, 0.1) is 13.8 Å². The molecule has 0 saturated heterocycles. The molecule has 0 aliphatic carbocycles. The molecule has 1 aromatic carbocycles. The molecule has 0 aromatic heterocycles. The molecule has 0 radical (unpaired) electrons. The highest BCUT2D eigenvalue weighted by Gasteiger charge is 2.16. The Morgan fingerprint density at radius 3 is 2.55 bits per heavy atom. The molecule has 0 unspecified atom stereocenters. The Bertz CT molecular complexity index is 477. The van der Waals surface area contributed by atoms with Crippen molar-refractivity contribution in [2.24, 2.45) is 0 Å². The second kappa shape index (κ2) is 8.05. The van der Waals surface area contributed by atoms with Crippen LogP contribution >= 0.6 is 27.7 Å². The number of thioether (sulfide) groups is 1. The van der Waals surface area contributed by atoms with E-state index < -0.39 is 0 Å². The van der Waals surface area contributed by atoms with Gasteiger partial charge >= 0.3 is 0 Å². The zero-order valence-corrected chi connectivity index (χ0v) is 14.8. The molecule has 0 aliphatic heterocycles. The van der Waals surface area contributed by atoms with Crippen molar-refractivity contribution in [1.29, 1.82) is 0 Å². The number of halogens is 1. The lowest BCUT2D eigenvalue weighted by Crippen LogP contribution is -2.40. The molecule has 0 atom stereocenters. The van der Waals surface area contributed by atoms with E-state index in [4.69, 9.17) is 5.11 Å². The minimum Gasteiger partial charge on any atom is -0.395 e. The van der Waals surface area contributed by atoms with E-state index in [2.05, 4.69) is 28.1 Å². The molecule has 1 rings (SSSR count). The van der Waals surface area contributed by atoms with E-state index in [0.29, 0.717) is 12.3 Å². The highest BCUT2D eigenvalue weighted by molar-refractivity contribution is 9.10. The van der Waals surface area contributed by atoms with Gasteiger partial charge < -0.3 is 10.0 Å². The number of aliphatic hydroxyl groups excluding tert-OH is 1. The lowest BCUT2D eigenvalue weighted by Gasteiger charge is -2.26. The predicted octanol–water partition coefficient (Wildman–Crippen LogP) is 3.39. The Morgan fingerprint density at radius 2 is 2.00 bits per heavy atom. The maximum atomic E-state index is 12.2. The third-order valence-corrected chi connectivity index (χ3v) is 5.09. The summed E-state index contributed by atoms with van der Waals surface area (Å²) in [7, 11) is 0. The molecule has 1 aromatic rings. The first-order chi connectivity index (χ1) is 9.36. The summed E-state index contributed by atoms with van der Waals surface area (Å²) in [6.07, 6.45) is 0. The Kier molecular flexibility index (Phi) is 7.06. The van der Waals surface area contributed by atoms with E-state index in [9.17, 15) is 4.79 Å². The fourth-order valence-electron chi connectivity index (χ4n) is 1.91. The van der Waals surface area contributed by atoms with Gasteiger partial charge in [0.1, 0.15) is 0 Å². The van der Waals surface area contributed by atoms with Crippen molar-refractivity contribution in [3.05, 3.63) is 27.7 Å². The summed E-state index contributed by atoms with van der Waals surface area (Å²) in [5.74, 6) is 0.471. The lowest BCUT2D eigenvalue weighted by atomic mass is 10.2. The Balaban J connectivity index is 2.71. The summed E-state index contributed by atoms with van der Waals surface area (Å²) >= 11 is 5.07. The Morgan fingerprint density at radius 1 is 1.35 bits per heavy atom. The van der Waals surface area contributed by atoms with Gasteiger partial charge in [0.05, 0.1) is 12.4 Å². The van der Waals surface area contributed by atoms with Gasteiger partial charge in [-0.2, -0.15) is 0 Å². The summed E-state index contributed by atoms with van der Waals surface area (Å²) < 4.78 is 1.09. The first-order valence-electron chi connectivity index (χ1n) is 6.66. The van der Waals surface area contributed by atoms with Crippen LogP contribution in [0.15, 0.2) is 21.5 Å². The summed E-state index contributed by atoms with van der Waals surface area (Å²) in [6.45, 7) is 8.42. The molecule has 0 aliphatic rings. The molecule has 0 spiro atoms. The Labute approximate surface area is 133 Å². The minimum absolute atomic E-state index is 0.00497. The van der Waals surface area contributed by atoms with Crippen molar-refractivity contribution >= 4 is 33.6 Å². The monoisotopic (exact) mass is 359 g/mol. The number of hydrogen-bond donors (Lipinski definition) is 1. The number of carbonyl (C=O) groups is 1. The number of aliphatic hydroxyl groups is 1. The van der Waals surface area contributed by atoms with Gasteiger partial charge in [-0.3, -0.25) is 4.79 Å². The zero-order chi connectivity index (χ0) is 15.3. The first kappa shape index (κ1) is 17.5. The SMILES string of the molecule is Cc1cc(SCC(=O)N(CCO)C(C)C)c(C)cc1Br. The largest absolute Gasteiger partial charge is 0.395 e. The smallest absolute Gasteiger partial charge is 0.233 e. The van der Waals surface area contributed by atoms with Crippen LogP contribution in [0.3, 0.4) is 0 Å². The predicted molar refractivity (Wildman–Crippen MR) is 88.3 cm³/mol. The standard InChI is InChI=1S/C15H22BrNO2S/c1-10(2)17(5-6-18)15(19)9-20-14-8-11(3)13(16)7-12(14)4/h7-8,10,18H,5-6,9H2,1-4H3. The van der Waals surface area contributed by atoms with Gasteiger partial charge in [-0.1, -0.05) is 15.9 Å². The number of rotatable bonds is 6. The lowest BCUT2D eigenvalue weighted by molar-refractivity contribution is -0.130. The van der Waals surface area contributed by atoms with Gasteiger partial charge in [0, 0.05) is 22.0 Å². The second-order valence-corrected chi connectivity index (χ2v) is 6.93. The van der Waals surface area contributed by atoms with Gasteiger partial charge in [0.15, 0.2) is 0 Å². The van der Waals surface area contributed by atoms with Crippen molar-refractivity contribution in [2.75, 3.05) is 18.9 Å². The molecule has 5 heteroatoms. The highest BCUT2D eigenvalue weighted by Crippen LogP contribution is 2.28. The normalized spacial score (nSPS) is 10.9. The number of carbonyl (C=O) groups excluding carboxylic acids is 1. The molecular weight excluding hydrogens is 338 g/mol. The fraction of sp³-hybridized carbons (Fsp3) is 0.533. The molecule has 0 bridgehead atoms. The van der Waals surface area contributed by atoms with Crippen LogP contribution < -0.4 is 0 Å². The second-order valence-electron chi connectivity index (χ2n) is 5.06. The number of hydrogen-bond acceptors (Lipinski definition) is 3. The van der Waals surface area contributed by atoms with Crippen molar-refractivity contribution < 1.29 is 9.90 Å². The van der Waals surface area contributed by atoms with E-state index in [1.54, 1.807) is 16.7 Å². The minimum atomic E-state index is 0.00497. The summed E-state index contributed by atoms with van der Waals surface area (Å²) in [5.41, 5.74) is 2.33. The maximum Gasteiger partial charge on any atom is 0.233 e. The Hall–Kier alpha value is -0.520. The number of nitrogens with zero attached hydrogens (tertiary/aromatic N) is 1. The third-order valence-electron chi connectivity index (χ3n) is 3.09. The van der Waals surface area contributed by atoms with Gasteiger partial charge in [-0.15, -0.1) is 11.8 Å². The zero-order valence-electron chi connectivity index (χ0n) is 12.4. The van der Waals surface area contributed by atoms with Crippen molar-refractivity contribution in [1.82, 2.24) is 4.90 Å². The summed E-state index contributed by atoms with van der Waals surface area (Å²) in [5, 5.41) is 9.02. The highest BCUT2D eigenvalue weighted by atomic mass is 79.9. The maximum absolute atomic E-state index is 12.2.